The summed E-state index contributed by atoms with van der Waals surface area (Å²) in [5, 5.41) is 3.07. The SMILES string of the molecule is CCN(CCCN(C)C)c1cnc(CNC)cn1. The van der Waals surface area contributed by atoms with E-state index in [2.05, 4.69) is 46.1 Å². The zero-order valence-electron chi connectivity index (χ0n) is 12.0. The first kappa shape index (κ1) is 14.9. The highest BCUT2D eigenvalue weighted by Crippen LogP contribution is 2.09. The van der Waals surface area contributed by atoms with Crippen molar-refractivity contribution in [2.75, 3.05) is 45.7 Å². The molecule has 1 N–H and O–H groups in total. The van der Waals surface area contributed by atoms with Gasteiger partial charge in [-0.2, -0.15) is 0 Å². The smallest absolute Gasteiger partial charge is 0.147 e. The van der Waals surface area contributed by atoms with Gasteiger partial charge < -0.3 is 15.1 Å². The van der Waals surface area contributed by atoms with E-state index in [0.29, 0.717) is 0 Å². The molecule has 0 amide bonds. The molecule has 1 aromatic rings. The van der Waals surface area contributed by atoms with E-state index < -0.39 is 0 Å². The molecule has 0 atom stereocenters. The standard InChI is InChI=1S/C13H25N5/c1-5-18(8-6-7-17(3)4)13-11-15-12(9-14-2)10-16-13/h10-11,14H,5-9H2,1-4H3. The summed E-state index contributed by atoms with van der Waals surface area (Å²) in [5.74, 6) is 0.969. The van der Waals surface area contributed by atoms with Crippen molar-refractivity contribution in [2.24, 2.45) is 0 Å². The van der Waals surface area contributed by atoms with Crippen LogP contribution in [0.3, 0.4) is 0 Å². The van der Waals surface area contributed by atoms with Crippen molar-refractivity contribution in [1.82, 2.24) is 20.2 Å². The molecular weight excluding hydrogens is 226 g/mol. The minimum Gasteiger partial charge on any atom is -0.356 e. The Morgan fingerprint density at radius 2 is 1.94 bits per heavy atom. The normalized spacial score (nSPS) is 10.9. The van der Waals surface area contributed by atoms with E-state index >= 15 is 0 Å². The summed E-state index contributed by atoms with van der Waals surface area (Å²) in [5.41, 5.74) is 0.977. The summed E-state index contributed by atoms with van der Waals surface area (Å²) >= 11 is 0. The van der Waals surface area contributed by atoms with Crippen molar-refractivity contribution in [2.45, 2.75) is 19.9 Å². The van der Waals surface area contributed by atoms with Crippen molar-refractivity contribution >= 4 is 5.82 Å². The number of rotatable bonds is 8. The van der Waals surface area contributed by atoms with Gasteiger partial charge in [0.25, 0.3) is 0 Å². The first-order chi connectivity index (χ1) is 8.67. The summed E-state index contributed by atoms with van der Waals surface area (Å²) < 4.78 is 0. The van der Waals surface area contributed by atoms with Crippen LogP contribution in [0.15, 0.2) is 12.4 Å². The molecule has 0 spiro atoms. The van der Waals surface area contributed by atoms with Gasteiger partial charge in [0.1, 0.15) is 5.82 Å². The number of hydrogen-bond acceptors (Lipinski definition) is 5. The highest BCUT2D eigenvalue weighted by atomic mass is 15.2. The lowest BCUT2D eigenvalue weighted by Crippen LogP contribution is -2.28. The second kappa shape index (κ2) is 8.00. The Hall–Kier alpha value is -1.20. The molecule has 0 saturated carbocycles. The fraction of sp³-hybridized carbons (Fsp3) is 0.692. The molecule has 1 aromatic heterocycles. The Labute approximate surface area is 110 Å². The molecule has 0 aliphatic heterocycles. The quantitative estimate of drug-likeness (QED) is 0.746. The van der Waals surface area contributed by atoms with Crippen molar-refractivity contribution < 1.29 is 0 Å². The first-order valence-corrected chi connectivity index (χ1v) is 6.52. The summed E-state index contributed by atoms with van der Waals surface area (Å²) in [6, 6.07) is 0. The van der Waals surface area contributed by atoms with Gasteiger partial charge in [-0.25, -0.2) is 4.98 Å². The lowest BCUT2D eigenvalue weighted by molar-refractivity contribution is 0.400. The van der Waals surface area contributed by atoms with Crippen LogP contribution in [0.1, 0.15) is 19.0 Å². The largest absolute Gasteiger partial charge is 0.356 e. The van der Waals surface area contributed by atoms with E-state index in [0.717, 1.165) is 44.1 Å². The predicted molar refractivity (Wildman–Crippen MR) is 75.9 cm³/mol. The molecule has 102 valence electrons. The number of anilines is 1. The molecule has 0 unspecified atom stereocenters. The molecule has 5 nitrogen and oxygen atoms in total. The lowest BCUT2D eigenvalue weighted by atomic mass is 10.3. The molecule has 0 saturated heterocycles. The van der Waals surface area contributed by atoms with Gasteiger partial charge in [-0.15, -0.1) is 0 Å². The molecule has 0 aromatic carbocycles. The van der Waals surface area contributed by atoms with Crippen molar-refractivity contribution in [3.05, 3.63) is 18.1 Å². The zero-order chi connectivity index (χ0) is 13.4. The molecule has 0 bridgehead atoms. The second-order valence-corrected chi connectivity index (χ2v) is 4.63. The molecule has 0 radical (unpaired) electrons. The van der Waals surface area contributed by atoms with Crippen LogP contribution in [-0.2, 0) is 6.54 Å². The van der Waals surface area contributed by atoms with Gasteiger partial charge in [0, 0.05) is 19.6 Å². The number of hydrogen-bond donors (Lipinski definition) is 1. The maximum absolute atomic E-state index is 4.48. The fourth-order valence-electron chi connectivity index (χ4n) is 1.80. The van der Waals surface area contributed by atoms with E-state index in [9.17, 15) is 0 Å². The zero-order valence-corrected chi connectivity index (χ0v) is 12.0. The number of nitrogens with zero attached hydrogens (tertiary/aromatic N) is 4. The van der Waals surface area contributed by atoms with Crippen molar-refractivity contribution in [1.29, 1.82) is 0 Å². The number of aromatic nitrogens is 2. The van der Waals surface area contributed by atoms with Crippen molar-refractivity contribution in [3.63, 3.8) is 0 Å². The molecule has 5 heteroatoms. The third-order valence-electron chi connectivity index (χ3n) is 2.79. The van der Waals surface area contributed by atoms with E-state index in [1.807, 2.05) is 19.4 Å². The highest BCUT2D eigenvalue weighted by Gasteiger charge is 2.06. The third kappa shape index (κ3) is 4.98. The van der Waals surface area contributed by atoms with Crippen LogP contribution in [0.4, 0.5) is 5.82 Å². The average molecular weight is 251 g/mol. The number of nitrogens with one attached hydrogen (secondary N) is 1. The second-order valence-electron chi connectivity index (χ2n) is 4.63. The monoisotopic (exact) mass is 251 g/mol. The fourth-order valence-corrected chi connectivity index (χ4v) is 1.80. The van der Waals surface area contributed by atoms with Crippen LogP contribution in [0.2, 0.25) is 0 Å². The summed E-state index contributed by atoms with van der Waals surface area (Å²) in [7, 11) is 6.11. The van der Waals surface area contributed by atoms with E-state index in [-0.39, 0.29) is 0 Å². The van der Waals surface area contributed by atoms with Gasteiger partial charge in [-0.1, -0.05) is 0 Å². The van der Waals surface area contributed by atoms with Gasteiger partial charge in [0.05, 0.1) is 18.1 Å². The van der Waals surface area contributed by atoms with Crippen LogP contribution in [-0.4, -0.2) is 55.6 Å². The van der Waals surface area contributed by atoms with Crippen LogP contribution >= 0.6 is 0 Å². The lowest BCUT2D eigenvalue weighted by Gasteiger charge is -2.22. The van der Waals surface area contributed by atoms with Crippen LogP contribution in [0.25, 0.3) is 0 Å². The highest BCUT2D eigenvalue weighted by molar-refractivity contribution is 5.35. The van der Waals surface area contributed by atoms with Gasteiger partial charge in [-0.05, 0) is 41.0 Å². The van der Waals surface area contributed by atoms with Gasteiger partial charge in [0.15, 0.2) is 0 Å². The van der Waals surface area contributed by atoms with Gasteiger partial charge in [-0.3, -0.25) is 4.98 Å². The first-order valence-electron chi connectivity index (χ1n) is 6.52. The van der Waals surface area contributed by atoms with E-state index in [1.54, 1.807) is 0 Å². The Morgan fingerprint density at radius 1 is 1.17 bits per heavy atom. The minimum absolute atomic E-state index is 0.764. The molecular formula is C13H25N5. The summed E-state index contributed by atoms with van der Waals surface area (Å²) in [4.78, 5) is 13.3. The Balaban J connectivity index is 2.53. The van der Waals surface area contributed by atoms with E-state index in [1.165, 1.54) is 0 Å². The molecule has 1 heterocycles. The molecule has 0 fully saturated rings. The maximum atomic E-state index is 4.48. The van der Waals surface area contributed by atoms with E-state index in [4.69, 9.17) is 0 Å². The van der Waals surface area contributed by atoms with Crippen LogP contribution in [0, 0.1) is 0 Å². The minimum atomic E-state index is 0.764. The maximum Gasteiger partial charge on any atom is 0.147 e. The Kier molecular flexibility index (Phi) is 6.60. The predicted octanol–water partition coefficient (Wildman–Crippen LogP) is 0.974. The van der Waals surface area contributed by atoms with Gasteiger partial charge >= 0.3 is 0 Å². The van der Waals surface area contributed by atoms with Gasteiger partial charge in [0.2, 0.25) is 0 Å². The average Bonchev–Trinajstić information content (AvgIpc) is 2.36. The topological polar surface area (TPSA) is 44.3 Å². The van der Waals surface area contributed by atoms with Crippen LogP contribution in [0.5, 0.6) is 0 Å². The van der Waals surface area contributed by atoms with Crippen molar-refractivity contribution in [3.8, 4) is 0 Å². The third-order valence-corrected chi connectivity index (χ3v) is 2.79. The summed E-state index contributed by atoms with van der Waals surface area (Å²) in [6.45, 7) is 6.00. The molecule has 0 aliphatic rings. The Morgan fingerprint density at radius 3 is 2.44 bits per heavy atom. The molecule has 18 heavy (non-hydrogen) atoms. The Bertz CT molecular complexity index is 323. The molecule has 0 aliphatic carbocycles. The summed E-state index contributed by atoms with van der Waals surface area (Å²) in [6.07, 6.45) is 4.85. The van der Waals surface area contributed by atoms with Crippen LogP contribution < -0.4 is 10.2 Å². The molecule has 1 rings (SSSR count).